The van der Waals surface area contributed by atoms with Crippen LogP contribution in [0.15, 0.2) is 28.7 Å². The van der Waals surface area contributed by atoms with Gasteiger partial charge in [0.1, 0.15) is 1.41 Å². The van der Waals surface area contributed by atoms with Gasteiger partial charge in [0.2, 0.25) is 11.8 Å². The van der Waals surface area contributed by atoms with Crippen LogP contribution in [0.25, 0.3) is 11.5 Å². The largest absolute Gasteiger partial charge is 0.419 e. The molecule has 0 bridgehead atoms. The highest BCUT2D eigenvalue weighted by Gasteiger charge is 2.20. The fourth-order valence-corrected chi connectivity index (χ4v) is 2.17. The van der Waals surface area contributed by atoms with Gasteiger partial charge in [0, 0.05) is 5.56 Å². The molecule has 94 valence electrons. The number of nitrogens with zero attached hydrogens (tertiary/aromatic N) is 2. The molecule has 1 saturated heterocycles. The molecule has 4 nitrogen and oxygen atoms in total. The molecule has 1 atom stereocenters. The number of hydrogen-bond acceptors (Lipinski definition) is 4. The first kappa shape index (κ1) is 10.3. The lowest BCUT2D eigenvalue weighted by molar-refractivity contribution is 0.342. The van der Waals surface area contributed by atoms with Crippen LogP contribution in [0.5, 0.6) is 0 Å². The van der Waals surface area contributed by atoms with Crippen molar-refractivity contribution in [3.63, 3.8) is 0 Å². The topological polar surface area (TPSA) is 51.0 Å². The van der Waals surface area contributed by atoms with Gasteiger partial charge >= 0.3 is 0 Å². The number of aryl methyl sites for hydroxylation is 1. The zero-order valence-electron chi connectivity index (χ0n) is 11.5. The molecule has 2 heterocycles. The van der Waals surface area contributed by atoms with Crippen LogP contribution in [0, 0.1) is 6.92 Å². The lowest BCUT2D eigenvalue weighted by Gasteiger charge is -2.19. The normalized spacial score (nSPS) is 21.8. The van der Waals surface area contributed by atoms with Crippen molar-refractivity contribution in [2.24, 2.45) is 0 Å². The molecule has 1 unspecified atom stereocenters. The van der Waals surface area contributed by atoms with E-state index >= 15 is 0 Å². The van der Waals surface area contributed by atoms with E-state index in [1.54, 1.807) is 5.31 Å². The summed E-state index contributed by atoms with van der Waals surface area (Å²) in [4.78, 5) is 0. The van der Waals surface area contributed by atoms with Crippen molar-refractivity contribution in [2.45, 2.75) is 32.2 Å². The average Bonchev–Trinajstić information content (AvgIpc) is 2.89. The number of benzene rings is 1. The molecular formula is C14H17N3O. The van der Waals surface area contributed by atoms with Crippen molar-refractivity contribution < 1.29 is 5.83 Å². The van der Waals surface area contributed by atoms with Crippen molar-refractivity contribution in [1.82, 2.24) is 15.5 Å². The minimum Gasteiger partial charge on any atom is -0.419 e. The Balaban J connectivity index is 1.84. The van der Waals surface area contributed by atoms with Crippen molar-refractivity contribution in [3.8, 4) is 11.5 Å². The zero-order chi connectivity index (χ0) is 13.2. The summed E-state index contributed by atoms with van der Waals surface area (Å²) in [6, 6.07) is 7.95. The lowest BCUT2D eigenvalue weighted by atomic mass is 10.1. The van der Waals surface area contributed by atoms with Crippen molar-refractivity contribution >= 4 is 0 Å². The van der Waals surface area contributed by atoms with Crippen LogP contribution in [0.4, 0.5) is 0 Å². The Morgan fingerprint density at radius 2 is 2.11 bits per heavy atom. The third-order valence-electron chi connectivity index (χ3n) is 3.26. The van der Waals surface area contributed by atoms with E-state index in [-0.39, 0.29) is 6.04 Å². The summed E-state index contributed by atoms with van der Waals surface area (Å²) >= 11 is 0. The fourth-order valence-electron chi connectivity index (χ4n) is 2.17. The molecule has 4 heteroatoms. The number of nitrogens with one attached hydrogen (secondary N) is 1. The summed E-state index contributed by atoms with van der Waals surface area (Å²) < 4.78 is 13.6. The Morgan fingerprint density at radius 1 is 1.28 bits per heavy atom. The molecule has 1 aromatic heterocycles. The Morgan fingerprint density at radius 3 is 2.89 bits per heavy atom. The van der Waals surface area contributed by atoms with Crippen molar-refractivity contribution in [3.05, 3.63) is 35.7 Å². The number of rotatable bonds is 2. The minimum absolute atomic E-state index is 0.0551. The Hall–Kier alpha value is -1.68. The first-order chi connectivity index (χ1) is 9.24. The highest BCUT2D eigenvalue weighted by molar-refractivity contribution is 5.52. The Bertz CT molecular complexity index is 552. The standard InChI is InChI=1S/C14H17N3O/c1-10-5-7-11(8-6-10)13-16-17-14(18-13)12-4-2-3-9-15-12/h5-8,12,15H,2-4,9H2,1H3/i/hD. The molecule has 0 spiro atoms. The summed E-state index contributed by atoms with van der Waals surface area (Å²) in [5.41, 5.74) is 2.13. The molecule has 1 aliphatic heterocycles. The van der Waals surface area contributed by atoms with Gasteiger partial charge in [0.25, 0.3) is 0 Å². The van der Waals surface area contributed by atoms with Gasteiger partial charge in [0.15, 0.2) is 0 Å². The summed E-state index contributed by atoms with van der Waals surface area (Å²) in [5.74, 6) is 1.10. The maximum atomic E-state index is 7.91. The Labute approximate surface area is 108 Å². The number of piperidine rings is 1. The molecule has 0 aliphatic carbocycles. The van der Waals surface area contributed by atoms with E-state index in [4.69, 9.17) is 5.83 Å². The molecule has 18 heavy (non-hydrogen) atoms. The van der Waals surface area contributed by atoms with Crippen molar-refractivity contribution in [2.75, 3.05) is 6.54 Å². The summed E-state index contributed by atoms with van der Waals surface area (Å²) in [5, 5.41) is 9.76. The lowest BCUT2D eigenvalue weighted by Crippen LogP contribution is -2.26. The van der Waals surface area contributed by atoms with Gasteiger partial charge in [-0.05, 0) is 38.4 Å². The third kappa shape index (κ3) is 2.29. The van der Waals surface area contributed by atoms with E-state index < -0.39 is 0 Å². The van der Waals surface area contributed by atoms with E-state index in [0.717, 1.165) is 31.4 Å². The molecule has 2 aromatic rings. The van der Waals surface area contributed by atoms with E-state index in [9.17, 15) is 0 Å². The minimum atomic E-state index is -0.0551. The fraction of sp³-hybridized carbons (Fsp3) is 0.429. The highest BCUT2D eigenvalue weighted by atomic mass is 16.4. The monoisotopic (exact) mass is 244 g/mol. The summed E-state index contributed by atoms with van der Waals surface area (Å²) in [6.45, 7) is 2.82. The second-order valence-corrected chi connectivity index (χ2v) is 4.73. The summed E-state index contributed by atoms with van der Waals surface area (Å²) in [6.07, 6.45) is 3.10. The Kier molecular flexibility index (Phi) is 2.79. The van der Waals surface area contributed by atoms with Crippen LogP contribution in [-0.2, 0) is 0 Å². The van der Waals surface area contributed by atoms with Crippen LogP contribution in [0.3, 0.4) is 0 Å². The quantitative estimate of drug-likeness (QED) is 0.882. The maximum absolute atomic E-state index is 7.91. The molecule has 1 aliphatic rings. The van der Waals surface area contributed by atoms with Crippen LogP contribution >= 0.6 is 0 Å². The second kappa shape index (κ2) is 4.90. The first-order valence-corrected chi connectivity index (χ1v) is 6.40. The predicted octanol–water partition coefficient (Wildman–Crippen LogP) is 2.86. The van der Waals surface area contributed by atoms with Gasteiger partial charge in [-0.25, -0.2) is 0 Å². The van der Waals surface area contributed by atoms with Crippen LogP contribution < -0.4 is 5.31 Å². The van der Waals surface area contributed by atoms with E-state index in [0.29, 0.717) is 11.8 Å². The second-order valence-electron chi connectivity index (χ2n) is 4.73. The van der Waals surface area contributed by atoms with E-state index in [1.165, 1.54) is 5.56 Å². The van der Waals surface area contributed by atoms with E-state index in [2.05, 4.69) is 10.2 Å². The third-order valence-corrected chi connectivity index (χ3v) is 3.26. The number of hydrogen-bond donors (Lipinski definition) is 1. The molecule has 0 amide bonds. The predicted molar refractivity (Wildman–Crippen MR) is 69.1 cm³/mol. The van der Waals surface area contributed by atoms with E-state index in [1.807, 2.05) is 31.2 Å². The summed E-state index contributed by atoms with van der Waals surface area (Å²) in [7, 11) is 0. The molecule has 1 fully saturated rings. The molecule has 0 radical (unpaired) electrons. The first-order valence-electron chi connectivity index (χ1n) is 6.85. The molecule has 1 aromatic carbocycles. The van der Waals surface area contributed by atoms with Gasteiger partial charge < -0.3 is 9.73 Å². The maximum Gasteiger partial charge on any atom is 0.247 e. The van der Waals surface area contributed by atoms with Crippen LogP contribution in [0.1, 0.15) is 36.8 Å². The van der Waals surface area contributed by atoms with Gasteiger partial charge in [-0.1, -0.05) is 24.1 Å². The van der Waals surface area contributed by atoms with Crippen LogP contribution in [-0.4, -0.2) is 16.7 Å². The number of aromatic nitrogens is 2. The van der Waals surface area contributed by atoms with Crippen molar-refractivity contribution in [1.29, 1.82) is 0 Å². The molecular weight excluding hydrogens is 226 g/mol. The van der Waals surface area contributed by atoms with Gasteiger partial charge in [-0.2, -0.15) is 0 Å². The molecule has 3 rings (SSSR count). The highest BCUT2D eigenvalue weighted by Crippen LogP contribution is 2.25. The van der Waals surface area contributed by atoms with Gasteiger partial charge in [-0.3, -0.25) is 0 Å². The molecule has 1 N–H and O–H groups in total. The average molecular weight is 244 g/mol. The van der Waals surface area contributed by atoms with Gasteiger partial charge in [-0.15, -0.1) is 10.2 Å². The zero-order valence-corrected chi connectivity index (χ0v) is 10.5. The molecule has 0 saturated carbocycles. The van der Waals surface area contributed by atoms with Crippen LogP contribution in [0.2, 0.25) is 1.41 Å². The smallest absolute Gasteiger partial charge is 0.247 e. The van der Waals surface area contributed by atoms with Gasteiger partial charge in [0.05, 0.1) is 6.04 Å². The SMILES string of the molecule is [2H]N1CCCCC1c1nnc(-c2ccc(C)cc2)o1.